The van der Waals surface area contributed by atoms with Crippen LogP contribution in [0.25, 0.3) is 33.7 Å². The van der Waals surface area contributed by atoms with Crippen LogP contribution in [0.1, 0.15) is 0 Å². The first-order valence-electron chi connectivity index (χ1n) is 9.72. The van der Waals surface area contributed by atoms with Crippen LogP contribution in [-0.2, 0) is 4.74 Å². The van der Waals surface area contributed by atoms with Crippen LogP contribution in [0, 0.1) is 5.82 Å². The molecule has 1 aliphatic heterocycles. The summed E-state index contributed by atoms with van der Waals surface area (Å²) < 4.78 is 25.2. The molecule has 30 heavy (non-hydrogen) atoms. The zero-order chi connectivity index (χ0) is 20.5. The van der Waals surface area contributed by atoms with Crippen LogP contribution >= 0.6 is 0 Å². The molecular weight excluding hydrogens is 385 g/mol. The lowest BCUT2D eigenvalue weighted by molar-refractivity contribution is 0.122. The lowest BCUT2D eigenvalue weighted by Gasteiger charge is -2.28. The Hall–Kier alpha value is -3.52. The van der Waals surface area contributed by atoms with E-state index in [2.05, 4.69) is 37.2 Å². The van der Waals surface area contributed by atoms with E-state index >= 15 is 0 Å². The van der Waals surface area contributed by atoms with Gasteiger partial charge in [0.25, 0.3) is 0 Å². The maximum atomic E-state index is 14.5. The zero-order valence-electron chi connectivity index (χ0n) is 16.4. The molecule has 3 heterocycles. The highest BCUT2D eigenvalue weighted by Gasteiger charge is 2.18. The summed E-state index contributed by atoms with van der Waals surface area (Å²) in [5.41, 5.74) is 4.30. The molecule has 2 aromatic heterocycles. The van der Waals surface area contributed by atoms with Crippen LogP contribution in [0.2, 0.25) is 0 Å². The van der Waals surface area contributed by atoms with Gasteiger partial charge in [-0.3, -0.25) is 5.10 Å². The number of ether oxygens (including phenoxy) is 2. The molecule has 0 saturated carbocycles. The van der Waals surface area contributed by atoms with E-state index in [0.29, 0.717) is 22.5 Å². The topological polar surface area (TPSA) is 76.2 Å². The van der Waals surface area contributed by atoms with Gasteiger partial charge in [-0.15, -0.1) is 0 Å². The molecule has 0 amide bonds. The first-order valence-corrected chi connectivity index (χ1v) is 9.72. The minimum Gasteiger partial charge on any atom is -0.496 e. The van der Waals surface area contributed by atoms with Crippen molar-refractivity contribution in [1.29, 1.82) is 0 Å². The molecule has 8 heteroatoms. The lowest BCUT2D eigenvalue weighted by atomic mass is 10.1. The molecule has 0 spiro atoms. The number of nitrogens with zero attached hydrogens (tertiary/aromatic N) is 4. The fourth-order valence-corrected chi connectivity index (χ4v) is 3.68. The quantitative estimate of drug-likeness (QED) is 0.558. The van der Waals surface area contributed by atoms with Crippen LogP contribution in [0.5, 0.6) is 5.75 Å². The molecule has 2 aromatic carbocycles. The van der Waals surface area contributed by atoms with E-state index in [4.69, 9.17) is 9.47 Å². The van der Waals surface area contributed by atoms with Crippen molar-refractivity contribution in [2.75, 3.05) is 38.3 Å². The van der Waals surface area contributed by atoms with Crippen molar-refractivity contribution in [3.8, 4) is 28.4 Å². The van der Waals surface area contributed by atoms with Gasteiger partial charge in [0.05, 0.1) is 32.1 Å². The Bertz CT molecular complexity index is 1190. The standard InChI is InChI=1S/C22H20FN5O2/c1-29-18-4-2-3-16(23)19(18)22-24-13-17-21(25-22)20(27-26-17)14-5-7-15(8-6-14)28-9-11-30-12-10-28/h2-8,13H,9-12H2,1H3,(H,26,27). The van der Waals surface area contributed by atoms with Gasteiger partial charge < -0.3 is 14.4 Å². The van der Waals surface area contributed by atoms with E-state index in [0.717, 1.165) is 37.6 Å². The highest BCUT2D eigenvalue weighted by Crippen LogP contribution is 2.33. The third kappa shape index (κ3) is 3.25. The third-order valence-electron chi connectivity index (χ3n) is 5.24. The highest BCUT2D eigenvalue weighted by molar-refractivity contribution is 5.90. The summed E-state index contributed by atoms with van der Waals surface area (Å²) in [5.74, 6) is 0.202. The number of aromatic amines is 1. The number of rotatable bonds is 4. The van der Waals surface area contributed by atoms with Gasteiger partial charge in [-0.25, -0.2) is 14.4 Å². The number of hydrogen-bond donors (Lipinski definition) is 1. The minimum absolute atomic E-state index is 0.233. The molecule has 5 rings (SSSR count). The fourth-order valence-electron chi connectivity index (χ4n) is 3.68. The SMILES string of the molecule is COc1cccc(F)c1-c1ncc2[nH]nc(-c3ccc(N4CCOCC4)cc3)c2n1. The molecule has 4 aromatic rings. The average molecular weight is 405 g/mol. The molecule has 0 bridgehead atoms. The average Bonchev–Trinajstić information content (AvgIpc) is 3.23. The number of anilines is 1. The van der Waals surface area contributed by atoms with Crippen molar-refractivity contribution in [3.63, 3.8) is 0 Å². The molecule has 0 aliphatic carbocycles. The predicted molar refractivity (Wildman–Crippen MR) is 112 cm³/mol. The summed E-state index contributed by atoms with van der Waals surface area (Å²) in [7, 11) is 1.50. The second-order valence-electron chi connectivity index (χ2n) is 6.99. The van der Waals surface area contributed by atoms with Crippen molar-refractivity contribution in [1.82, 2.24) is 20.2 Å². The van der Waals surface area contributed by atoms with E-state index < -0.39 is 5.82 Å². The molecule has 0 atom stereocenters. The van der Waals surface area contributed by atoms with E-state index in [1.54, 1.807) is 18.3 Å². The number of benzene rings is 2. The normalized spacial score (nSPS) is 14.3. The molecular formula is C22H20FN5O2. The highest BCUT2D eigenvalue weighted by atomic mass is 19.1. The Labute approximate surface area is 172 Å². The maximum Gasteiger partial charge on any atom is 0.166 e. The zero-order valence-corrected chi connectivity index (χ0v) is 16.4. The predicted octanol–water partition coefficient (Wildman–Crippen LogP) is 3.67. The number of halogens is 1. The Balaban J connectivity index is 1.54. The van der Waals surface area contributed by atoms with E-state index in [9.17, 15) is 4.39 Å². The Morgan fingerprint density at radius 3 is 2.67 bits per heavy atom. The van der Waals surface area contributed by atoms with E-state index in [-0.39, 0.29) is 11.4 Å². The fraction of sp³-hybridized carbons (Fsp3) is 0.227. The van der Waals surface area contributed by atoms with E-state index in [1.807, 2.05) is 12.1 Å². The second kappa shape index (κ2) is 7.72. The number of fused-ring (bicyclic) bond motifs is 1. The smallest absolute Gasteiger partial charge is 0.166 e. The number of methoxy groups -OCH3 is 1. The maximum absolute atomic E-state index is 14.5. The number of morpholine rings is 1. The number of hydrogen-bond acceptors (Lipinski definition) is 6. The largest absolute Gasteiger partial charge is 0.496 e. The van der Waals surface area contributed by atoms with Gasteiger partial charge >= 0.3 is 0 Å². The van der Waals surface area contributed by atoms with E-state index in [1.165, 1.54) is 13.2 Å². The molecule has 0 unspecified atom stereocenters. The third-order valence-corrected chi connectivity index (χ3v) is 5.24. The summed E-state index contributed by atoms with van der Waals surface area (Å²) in [6, 6.07) is 12.8. The van der Waals surface area contributed by atoms with Gasteiger partial charge in [-0.2, -0.15) is 5.10 Å². The van der Waals surface area contributed by atoms with Crippen molar-refractivity contribution in [3.05, 3.63) is 54.5 Å². The van der Waals surface area contributed by atoms with Gasteiger partial charge in [0, 0.05) is 24.3 Å². The van der Waals surface area contributed by atoms with Crippen molar-refractivity contribution >= 4 is 16.7 Å². The monoisotopic (exact) mass is 405 g/mol. The van der Waals surface area contributed by atoms with Crippen molar-refractivity contribution in [2.45, 2.75) is 0 Å². The van der Waals surface area contributed by atoms with Gasteiger partial charge in [0.1, 0.15) is 28.3 Å². The Kier molecular flexibility index (Phi) is 4.76. The molecule has 152 valence electrons. The van der Waals surface area contributed by atoms with Gasteiger partial charge in [-0.05, 0) is 24.3 Å². The van der Waals surface area contributed by atoms with Crippen molar-refractivity contribution in [2.24, 2.45) is 0 Å². The van der Waals surface area contributed by atoms with Crippen molar-refractivity contribution < 1.29 is 13.9 Å². The lowest BCUT2D eigenvalue weighted by Crippen LogP contribution is -2.36. The summed E-state index contributed by atoms with van der Waals surface area (Å²) in [5, 5.41) is 7.38. The summed E-state index contributed by atoms with van der Waals surface area (Å²) in [4.78, 5) is 11.2. The van der Waals surface area contributed by atoms with Gasteiger partial charge in [0.2, 0.25) is 0 Å². The molecule has 1 aliphatic rings. The molecule has 7 nitrogen and oxygen atoms in total. The Morgan fingerprint density at radius 2 is 1.90 bits per heavy atom. The van der Waals surface area contributed by atoms with Crippen LogP contribution in [-0.4, -0.2) is 53.6 Å². The molecule has 1 N–H and O–H groups in total. The summed E-state index contributed by atoms with van der Waals surface area (Å²) in [6.07, 6.45) is 1.61. The first-order chi connectivity index (χ1) is 14.7. The van der Waals surface area contributed by atoms with Crippen LogP contribution in [0.4, 0.5) is 10.1 Å². The van der Waals surface area contributed by atoms with Crippen LogP contribution in [0.15, 0.2) is 48.7 Å². The first kappa shape index (κ1) is 18.5. The minimum atomic E-state index is -0.436. The molecule has 0 radical (unpaired) electrons. The number of aromatic nitrogens is 4. The van der Waals surface area contributed by atoms with Gasteiger partial charge in [-0.1, -0.05) is 18.2 Å². The Morgan fingerprint density at radius 1 is 1.10 bits per heavy atom. The second-order valence-corrected chi connectivity index (χ2v) is 6.99. The number of nitrogens with one attached hydrogen (secondary N) is 1. The summed E-state index contributed by atoms with van der Waals surface area (Å²) in [6.45, 7) is 3.24. The van der Waals surface area contributed by atoms with Crippen LogP contribution in [0.3, 0.4) is 0 Å². The van der Waals surface area contributed by atoms with Crippen LogP contribution < -0.4 is 9.64 Å². The molecule has 1 fully saturated rings. The van der Waals surface area contributed by atoms with Gasteiger partial charge in [0.15, 0.2) is 5.82 Å². The summed E-state index contributed by atoms with van der Waals surface area (Å²) >= 11 is 0. The molecule has 1 saturated heterocycles. The number of H-pyrrole nitrogens is 1.